The number of carbonyl (C=O) groups is 9. The second-order valence-corrected chi connectivity index (χ2v) is 20.4. The number of carbonyl (C=O) groups excluding carboxylic acids is 8. The van der Waals surface area contributed by atoms with E-state index in [2.05, 4.69) is 60.1 Å². The predicted molar refractivity (Wildman–Crippen MR) is 297 cm³/mol. The number of amides is 8. The number of aliphatic carboxylic acids is 1. The van der Waals surface area contributed by atoms with Crippen LogP contribution < -0.4 is 54.0 Å². The molecule has 0 bridgehead atoms. The Kier molecular flexibility index (Phi) is 25.7. The van der Waals surface area contributed by atoms with Crippen LogP contribution in [-0.2, 0) is 62.4 Å². The number of carboxylic acids is 1. The normalized spacial score (nSPS) is 14.8. The van der Waals surface area contributed by atoms with Crippen molar-refractivity contribution in [3.63, 3.8) is 0 Å². The van der Waals surface area contributed by atoms with Gasteiger partial charge in [-0.15, -0.1) is 0 Å². The topological polar surface area (TPSA) is 358 Å². The average molecular weight is 1100 g/mol. The highest BCUT2D eigenvalue weighted by molar-refractivity contribution is 7.80. The Hall–Kier alpha value is -7.34. The number of aromatic amines is 1. The summed E-state index contributed by atoms with van der Waals surface area (Å²) in [5.74, 6) is -8.47. The number of fused-ring (bicyclic) bond motifs is 1. The SMILES string of the molecule is CC(C)C[C@H](NC(=O)[C@H](Cc1ccccc1)NC(=O)[C@@H](NC(=O)CNC(=O)[C@H](Cc1ccccc1)NC(=O)[C@@H](NC(=O)[C@@H](N)Cc1c[nH]c2ccccc12)C(C)C)[C@@H](C)O)C(=O)N[C@@H](CS)C(=O)N[C@@H](CCCCN)C(=O)O. The largest absolute Gasteiger partial charge is 0.480 e. The van der Waals surface area contributed by atoms with Crippen LogP contribution >= 0.6 is 12.6 Å². The maximum absolute atomic E-state index is 14.2. The third-order valence-electron chi connectivity index (χ3n) is 12.8. The molecule has 3 aromatic carbocycles. The third kappa shape index (κ3) is 20.2. The Labute approximate surface area is 459 Å². The van der Waals surface area contributed by atoms with E-state index in [1.165, 1.54) is 6.92 Å². The summed E-state index contributed by atoms with van der Waals surface area (Å²) < 4.78 is 0. The molecule has 1 heterocycles. The second kappa shape index (κ2) is 31.8. The number of hydrogen-bond donors (Lipinski definition) is 14. The summed E-state index contributed by atoms with van der Waals surface area (Å²) in [4.78, 5) is 125. The van der Waals surface area contributed by atoms with Crippen LogP contribution in [0.2, 0.25) is 0 Å². The van der Waals surface area contributed by atoms with Gasteiger partial charge in [0, 0.05) is 35.7 Å². The number of benzene rings is 3. The molecule has 0 aliphatic heterocycles. The van der Waals surface area contributed by atoms with E-state index < -0.39 is 120 Å². The smallest absolute Gasteiger partial charge is 0.326 e. The van der Waals surface area contributed by atoms with Crippen molar-refractivity contribution in [3.05, 3.63) is 108 Å². The van der Waals surface area contributed by atoms with Crippen molar-refractivity contribution in [3.8, 4) is 0 Å². The molecule has 1 aromatic heterocycles. The summed E-state index contributed by atoms with van der Waals surface area (Å²) in [5, 5.41) is 42.1. The Morgan fingerprint density at radius 2 is 1.09 bits per heavy atom. The van der Waals surface area contributed by atoms with Crippen LogP contribution in [0.3, 0.4) is 0 Å². The van der Waals surface area contributed by atoms with Gasteiger partial charge in [0.15, 0.2) is 0 Å². The molecule has 8 amide bonds. The minimum absolute atomic E-state index is 0.0174. The van der Waals surface area contributed by atoms with E-state index in [9.17, 15) is 53.4 Å². The number of aliphatic hydroxyl groups excluding tert-OH is 1. The van der Waals surface area contributed by atoms with Crippen LogP contribution in [0.4, 0.5) is 0 Å². The zero-order valence-corrected chi connectivity index (χ0v) is 45.6. The fourth-order valence-electron chi connectivity index (χ4n) is 8.45. The van der Waals surface area contributed by atoms with Crippen molar-refractivity contribution >= 4 is 76.8 Å². The molecule has 4 rings (SSSR count). The molecule has 9 atom stereocenters. The number of thiol groups is 1. The Balaban J connectivity index is 1.45. The molecule has 4 aromatic rings. The second-order valence-electron chi connectivity index (χ2n) is 20.0. The molecular formula is C55H77N11O11S. The summed E-state index contributed by atoms with van der Waals surface area (Å²) in [7, 11) is 0. The van der Waals surface area contributed by atoms with Gasteiger partial charge in [0.1, 0.15) is 42.3 Å². The summed E-state index contributed by atoms with van der Waals surface area (Å²) in [5.41, 5.74) is 14.8. The van der Waals surface area contributed by atoms with Gasteiger partial charge in [-0.1, -0.05) is 107 Å². The first kappa shape index (κ1) is 63.2. The van der Waals surface area contributed by atoms with Gasteiger partial charge in [0.25, 0.3) is 0 Å². The van der Waals surface area contributed by atoms with Crippen LogP contribution in [0.1, 0.15) is 77.0 Å². The number of unbranched alkanes of at least 4 members (excludes halogenated alkanes) is 1. The van der Waals surface area contributed by atoms with E-state index >= 15 is 0 Å². The lowest BCUT2D eigenvalue weighted by atomic mass is 9.99. The number of para-hydroxylation sites is 1. The van der Waals surface area contributed by atoms with Gasteiger partial charge in [-0.05, 0) is 80.2 Å². The number of carboxylic acid groups (broad SMARTS) is 1. The summed E-state index contributed by atoms with van der Waals surface area (Å²) in [6, 6.07) is 14.6. The van der Waals surface area contributed by atoms with Crippen LogP contribution in [0.25, 0.3) is 10.9 Å². The van der Waals surface area contributed by atoms with Crippen molar-refractivity contribution in [1.29, 1.82) is 0 Å². The van der Waals surface area contributed by atoms with Crippen LogP contribution in [0.5, 0.6) is 0 Å². The van der Waals surface area contributed by atoms with E-state index in [0.29, 0.717) is 30.5 Å². The van der Waals surface area contributed by atoms with Crippen LogP contribution in [0.15, 0.2) is 91.1 Å². The van der Waals surface area contributed by atoms with E-state index in [1.807, 2.05) is 24.3 Å². The predicted octanol–water partition coefficient (Wildman–Crippen LogP) is 0.259. The molecule has 0 fully saturated rings. The minimum Gasteiger partial charge on any atom is -0.480 e. The zero-order chi connectivity index (χ0) is 57.5. The van der Waals surface area contributed by atoms with Crippen molar-refractivity contribution in [2.75, 3.05) is 18.8 Å². The van der Waals surface area contributed by atoms with Crippen molar-refractivity contribution in [2.45, 2.75) is 134 Å². The van der Waals surface area contributed by atoms with Crippen LogP contribution in [0, 0.1) is 11.8 Å². The highest BCUT2D eigenvalue weighted by Gasteiger charge is 2.35. The quantitative estimate of drug-likeness (QED) is 0.0231. The maximum Gasteiger partial charge on any atom is 0.326 e. The molecular weight excluding hydrogens is 1020 g/mol. The zero-order valence-electron chi connectivity index (χ0n) is 44.8. The fourth-order valence-corrected chi connectivity index (χ4v) is 8.71. The van der Waals surface area contributed by atoms with Crippen LogP contribution in [-0.4, -0.2) is 142 Å². The van der Waals surface area contributed by atoms with Gasteiger partial charge in [-0.2, -0.15) is 12.6 Å². The molecule has 15 N–H and O–H groups in total. The monoisotopic (exact) mass is 1100 g/mol. The maximum atomic E-state index is 14.2. The average Bonchev–Trinajstić information content (AvgIpc) is 3.81. The van der Waals surface area contributed by atoms with Crippen molar-refractivity contribution in [1.82, 2.24) is 47.5 Å². The molecule has 0 saturated heterocycles. The lowest BCUT2D eigenvalue weighted by molar-refractivity contribution is -0.142. The van der Waals surface area contributed by atoms with Crippen molar-refractivity contribution in [2.24, 2.45) is 23.3 Å². The molecule has 0 spiro atoms. The number of aromatic nitrogens is 1. The van der Waals surface area contributed by atoms with Crippen molar-refractivity contribution < 1.29 is 53.4 Å². The molecule has 0 radical (unpaired) electrons. The first-order valence-corrected chi connectivity index (χ1v) is 26.7. The van der Waals surface area contributed by atoms with Gasteiger partial charge >= 0.3 is 5.97 Å². The number of hydrogen-bond acceptors (Lipinski definition) is 13. The minimum atomic E-state index is -1.67. The molecule has 0 saturated carbocycles. The number of nitrogens with two attached hydrogens (primary N) is 2. The molecule has 22 nitrogen and oxygen atoms in total. The lowest BCUT2D eigenvalue weighted by Crippen LogP contribution is -2.61. The van der Waals surface area contributed by atoms with E-state index in [-0.39, 0.29) is 43.8 Å². The van der Waals surface area contributed by atoms with Gasteiger partial charge < -0.3 is 69.2 Å². The molecule has 0 aliphatic rings. The highest BCUT2D eigenvalue weighted by Crippen LogP contribution is 2.19. The summed E-state index contributed by atoms with van der Waals surface area (Å²) >= 11 is 4.21. The Bertz CT molecular complexity index is 2640. The van der Waals surface area contributed by atoms with Gasteiger partial charge in [0.2, 0.25) is 47.3 Å². The Morgan fingerprint density at radius 1 is 0.577 bits per heavy atom. The lowest BCUT2D eigenvalue weighted by Gasteiger charge is -2.28. The number of rotatable bonds is 32. The Morgan fingerprint density at radius 3 is 1.64 bits per heavy atom. The standard InChI is InChI=1S/C55H77N11O11S/c1-31(2)24-41(50(71)64-44(30-78)52(73)60-40(55(76)77)22-14-15-23-56)61-51(72)43(26-35-18-10-7-11-19-35)63-54(75)47(33(5)67)65-45(68)29-59-49(70)42(25-34-16-8-6-9-17-34)62-53(74)46(32(3)4)66-48(69)38(57)27-36-28-58-39-21-13-12-20-37(36)39/h6-13,16-21,28,31-33,38,40-44,46-47,58,67,78H,14-15,22-27,29-30,56-57H2,1-5H3,(H,59,70)(H,60,73)(H,61,72)(H,62,74)(H,63,75)(H,64,71)(H,65,68)(H,66,69)(H,76,77)/t33-,38+,40+,41+,42+,43+,44+,46+,47+/m1/s1. The molecule has 78 heavy (non-hydrogen) atoms. The number of H-pyrrole nitrogens is 1. The van der Waals surface area contributed by atoms with Gasteiger partial charge in [-0.3, -0.25) is 38.4 Å². The molecule has 424 valence electrons. The van der Waals surface area contributed by atoms with E-state index in [0.717, 1.165) is 16.5 Å². The summed E-state index contributed by atoms with van der Waals surface area (Å²) in [6.07, 6.45) is 1.45. The number of aliphatic hydroxyl groups is 1. The third-order valence-corrected chi connectivity index (χ3v) is 13.1. The fraction of sp³-hybridized carbons (Fsp3) is 0.473. The highest BCUT2D eigenvalue weighted by atomic mass is 32.1. The van der Waals surface area contributed by atoms with Gasteiger partial charge in [-0.25, -0.2) is 4.79 Å². The van der Waals surface area contributed by atoms with E-state index in [4.69, 9.17) is 11.5 Å². The molecule has 0 aliphatic carbocycles. The summed E-state index contributed by atoms with van der Waals surface area (Å²) in [6.45, 7) is 7.88. The number of nitrogens with one attached hydrogen (secondary N) is 9. The first-order valence-electron chi connectivity index (χ1n) is 26.1. The van der Waals surface area contributed by atoms with E-state index in [1.54, 1.807) is 94.6 Å². The van der Waals surface area contributed by atoms with Gasteiger partial charge in [0.05, 0.1) is 18.7 Å². The molecule has 23 heteroatoms. The molecule has 0 unspecified atom stereocenters. The first-order chi connectivity index (χ1) is 37.1.